The van der Waals surface area contributed by atoms with E-state index in [1.807, 2.05) is 0 Å². The number of thiol groups is 1. The van der Waals surface area contributed by atoms with Gasteiger partial charge in [-0.15, -0.1) is 0 Å². The van der Waals surface area contributed by atoms with Crippen molar-refractivity contribution in [1.29, 1.82) is 0 Å². The second-order valence-electron chi connectivity index (χ2n) is 4.77. The van der Waals surface area contributed by atoms with E-state index in [4.69, 9.17) is 5.73 Å². The van der Waals surface area contributed by atoms with Gasteiger partial charge in [-0.05, 0) is 18.8 Å². The Balaban J connectivity index is 4.13. The Morgan fingerprint density at radius 1 is 1.27 bits per heavy atom. The third kappa shape index (κ3) is 4.70. The Morgan fingerprint density at radius 2 is 1.64 bits per heavy atom. The van der Waals surface area contributed by atoms with Crippen LogP contribution in [-0.2, 0) is 0 Å². The van der Waals surface area contributed by atoms with Crippen molar-refractivity contribution in [3.63, 3.8) is 0 Å². The molecule has 0 bridgehead atoms. The molecule has 2 heteroatoms. The standard InChI is InChI=1S/C9H21NS/c1-7(10)8(2,3)6-9(4,5)11/h7,11H,6,10H2,1-5H3. The summed E-state index contributed by atoms with van der Waals surface area (Å²) in [4.78, 5) is 0. The molecule has 0 fully saturated rings. The van der Waals surface area contributed by atoms with Crippen molar-refractivity contribution < 1.29 is 0 Å². The smallest absolute Gasteiger partial charge is 0.00788 e. The molecule has 0 aliphatic rings. The summed E-state index contributed by atoms with van der Waals surface area (Å²) in [5.41, 5.74) is 6.03. The second-order valence-corrected chi connectivity index (χ2v) is 5.98. The van der Waals surface area contributed by atoms with Crippen molar-refractivity contribution in [3.05, 3.63) is 0 Å². The average molecular weight is 175 g/mol. The van der Waals surface area contributed by atoms with Crippen LogP contribution in [0.4, 0.5) is 0 Å². The summed E-state index contributed by atoms with van der Waals surface area (Å²) < 4.78 is 0.0805. The van der Waals surface area contributed by atoms with Gasteiger partial charge < -0.3 is 5.73 Å². The summed E-state index contributed by atoms with van der Waals surface area (Å²) in [7, 11) is 0. The molecule has 0 heterocycles. The summed E-state index contributed by atoms with van der Waals surface area (Å²) in [5.74, 6) is 0. The van der Waals surface area contributed by atoms with Crippen LogP contribution in [0.3, 0.4) is 0 Å². The van der Waals surface area contributed by atoms with Crippen LogP contribution in [-0.4, -0.2) is 10.8 Å². The second kappa shape index (κ2) is 3.36. The van der Waals surface area contributed by atoms with Gasteiger partial charge in [0.2, 0.25) is 0 Å². The van der Waals surface area contributed by atoms with Gasteiger partial charge in [-0.1, -0.05) is 27.7 Å². The first-order valence-electron chi connectivity index (χ1n) is 4.13. The minimum absolute atomic E-state index is 0.0805. The molecular weight excluding hydrogens is 154 g/mol. The highest BCUT2D eigenvalue weighted by atomic mass is 32.1. The Bertz CT molecular complexity index is 122. The predicted octanol–water partition coefficient (Wildman–Crippen LogP) is 2.46. The summed E-state index contributed by atoms with van der Waals surface area (Å²) in [6, 6.07) is 0.230. The van der Waals surface area contributed by atoms with Gasteiger partial charge >= 0.3 is 0 Å². The van der Waals surface area contributed by atoms with Crippen molar-refractivity contribution in [1.82, 2.24) is 0 Å². The van der Waals surface area contributed by atoms with Gasteiger partial charge in [-0.2, -0.15) is 12.6 Å². The topological polar surface area (TPSA) is 26.0 Å². The normalized spacial score (nSPS) is 16.6. The molecule has 1 unspecified atom stereocenters. The zero-order valence-corrected chi connectivity index (χ0v) is 9.20. The molecule has 0 saturated heterocycles. The van der Waals surface area contributed by atoms with Gasteiger partial charge in [0.1, 0.15) is 0 Å². The van der Waals surface area contributed by atoms with E-state index in [1.54, 1.807) is 0 Å². The van der Waals surface area contributed by atoms with E-state index >= 15 is 0 Å². The molecule has 0 aliphatic carbocycles. The van der Waals surface area contributed by atoms with Gasteiger partial charge in [0, 0.05) is 10.8 Å². The van der Waals surface area contributed by atoms with Crippen LogP contribution in [0.2, 0.25) is 0 Å². The molecule has 0 radical (unpaired) electrons. The Hall–Kier alpha value is 0.310. The minimum atomic E-state index is 0.0805. The Morgan fingerprint density at radius 3 is 1.73 bits per heavy atom. The molecule has 0 aliphatic heterocycles. The lowest BCUT2D eigenvalue weighted by atomic mass is 9.78. The third-order valence-corrected chi connectivity index (χ3v) is 2.28. The maximum Gasteiger partial charge on any atom is 0.00788 e. The SMILES string of the molecule is CC(N)C(C)(C)CC(C)(C)S. The number of nitrogens with two attached hydrogens (primary N) is 1. The summed E-state index contributed by atoms with van der Waals surface area (Å²) in [6.07, 6.45) is 1.04. The number of rotatable bonds is 3. The van der Waals surface area contributed by atoms with E-state index in [0.717, 1.165) is 6.42 Å². The van der Waals surface area contributed by atoms with Crippen molar-refractivity contribution in [2.75, 3.05) is 0 Å². The maximum atomic E-state index is 5.84. The van der Waals surface area contributed by atoms with Gasteiger partial charge in [-0.25, -0.2) is 0 Å². The highest BCUT2D eigenvalue weighted by Crippen LogP contribution is 2.33. The van der Waals surface area contributed by atoms with E-state index < -0.39 is 0 Å². The van der Waals surface area contributed by atoms with E-state index in [-0.39, 0.29) is 16.2 Å². The third-order valence-electron chi connectivity index (χ3n) is 2.12. The summed E-state index contributed by atoms with van der Waals surface area (Å²) in [6.45, 7) is 10.7. The Labute approximate surface area is 76.2 Å². The van der Waals surface area contributed by atoms with E-state index in [1.165, 1.54) is 0 Å². The highest BCUT2D eigenvalue weighted by molar-refractivity contribution is 7.81. The quantitative estimate of drug-likeness (QED) is 0.633. The molecule has 0 spiro atoms. The molecule has 0 aromatic rings. The molecule has 1 nitrogen and oxygen atoms in total. The monoisotopic (exact) mass is 175 g/mol. The molecule has 1 atom stereocenters. The molecule has 2 N–H and O–H groups in total. The van der Waals surface area contributed by atoms with Crippen LogP contribution in [0.15, 0.2) is 0 Å². The molecule has 11 heavy (non-hydrogen) atoms. The number of hydrogen-bond acceptors (Lipinski definition) is 2. The zero-order chi connectivity index (χ0) is 9.28. The minimum Gasteiger partial charge on any atom is -0.327 e. The van der Waals surface area contributed by atoms with Gasteiger partial charge in [-0.3, -0.25) is 0 Å². The van der Waals surface area contributed by atoms with Crippen LogP contribution >= 0.6 is 12.6 Å². The highest BCUT2D eigenvalue weighted by Gasteiger charge is 2.29. The molecule has 68 valence electrons. The van der Waals surface area contributed by atoms with Gasteiger partial charge in [0.25, 0.3) is 0 Å². The lowest BCUT2D eigenvalue weighted by Gasteiger charge is -2.34. The fourth-order valence-electron chi connectivity index (χ4n) is 1.28. The maximum absolute atomic E-state index is 5.84. The first kappa shape index (κ1) is 11.3. The average Bonchev–Trinajstić information content (AvgIpc) is 1.56. The van der Waals surface area contributed by atoms with Crippen LogP contribution in [0, 0.1) is 5.41 Å². The number of hydrogen-bond donors (Lipinski definition) is 2. The molecule has 0 rings (SSSR count). The van der Waals surface area contributed by atoms with Crippen LogP contribution in [0.25, 0.3) is 0 Å². The molecule has 0 aromatic carbocycles. The lowest BCUT2D eigenvalue weighted by molar-refractivity contribution is 0.254. The lowest BCUT2D eigenvalue weighted by Crippen LogP contribution is -2.38. The molecule has 0 aromatic heterocycles. The van der Waals surface area contributed by atoms with Crippen molar-refractivity contribution >= 4 is 12.6 Å². The fraction of sp³-hybridized carbons (Fsp3) is 1.00. The zero-order valence-electron chi connectivity index (χ0n) is 8.31. The first-order chi connectivity index (χ1) is 4.65. The van der Waals surface area contributed by atoms with Gasteiger partial charge in [0.05, 0.1) is 0 Å². The fourth-order valence-corrected chi connectivity index (χ4v) is 1.68. The summed E-state index contributed by atoms with van der Waals surface area (Å²) >= 11 is 4.49. The van der Waals surface area contributed by atoms with Crippen LogP contribution < -0.4 is 5.73 Å². The van der Waals surface area contributed by atoms with E-state index in [2.05, 4.69) is 47.2 Å². The first-order valence-corrected chi connectivity index (χ1v) is 4.58. The Kier molecular flexibility index (Phi) is 3.45. The van der Waals surface area contributed by atoms with E-state index in [9.17, 15) is 0 Å². The van der Waals surface area contributed by atoms with Gasteiger partial charge in [0.15, 0.2) is 0 Å². The molecule has 0 amide bonds. The van der Waals surface area contributed by atoms with Crippen LogP contribution in [0.5, 0.6) is 0 Å². The predicted molar refractivity (Wildman–Crippen MR) is 55.1 cm³/mol. The largest absolute Gasteiger partial charge is 0.327 e. The van der Waals surface area contributed by atoms with Crippen molar-refractivity contribution in [3.8, 4) is 0 Å². The van der Waals surface area contributed by atoms with Crippen molar-refractivity contribution in [2.24, 2.45) is 11.1 Å². The summed E-state index contributed by atoms with van der Waals surface area (Å²) in [5, 5.41) is 0. The molecular formula is C9H21NS. The van der Waals surface area contributed by atoms with Crippen LogP contribution in [0.1, 0.15) is 41.0 Å². The molecule has 0 saturated carbocycles. The van der Waals surface area contributed by atoms with E-state index in [0.29, 0.717) is 0 Å². The van der Waals surface area contributed by atoms with Crippen molar-refractivity contribution in [2.45, 2.75) is 51.8 Å².